The lowest BCUT2D eigenvalue weighted by Crippen LogP contribution is -2.44. The molecule has 2 rings (SSSR count). The van der Waals surface area contributed by atoms with Gasteiger partial charge in [-0.25, -0.2) is 0 Å². The van der Waals surface area contributed by atoms with Gasteiger partial charge in [-0.05, 0) is 57.2 Å². The fraction of sp³-hybridized carbons (Fsp3) is 0.929. The zero-order valence-electron chi connectivity index (χ0n) is 11.3. The maximum atomic E-state index is 12.0. The molecule has 2 aliphatic rings. The van der Waals surface area contributed by atoms with E-state index in [1.165, 1.54) is 25.7 Å². The maximum absolute atomic E-state index is 12.0. The van der Waals surface area contributed by atoms with Crippen LogP contribution < -0.4 is 16.4 Å². The summed E-state index contributed by atoms with van der Waals surface area (Å²) >= 11 is 0. The third-order valence-corrected chi connectivity index (χ3v) is 4.50. The van der Waals surface area contributed by atoms with Gasteiger partial charge in [-0.2, -0.15) is 0 Å². The molecule has 1 aliphatic carbocycles. The van der Waals surface area contributed by atoms with Gasteiger partial charge in [0.25, 0.3) is 0 Å². The second-order valence-corrected chi connectivity index (χ2v) is 5.85. The highest BCUT2D eigenvalue weighted by atomic mass is 16.1. The van der Waals surface area contributed by atoms with Gasteiger partial charge >= 0.3 is 0 Å². The monoisotopic (exact) mass is 253 g/mol. The summed E-state index contributed by atoms with van der Waals surface area (Å²) in [7, 11) is 0. The van der Waals surface area contributed by atoms with E-state index in [9.17, 15) is 4.79 Å². The van der Waals surface area contributed by atoms with E-state index in [1.807, 2.05) is 0 Å². The molecule has 1 amide bonds. The lowest BCUT2D eigenvalue weighted by Gasteiger charge is -2.31. The predicted octanol–water partition coefficient (Wildman–Crippen LogP) is 1.01. The molecule has 0 spiro atoms. The summed E-state index contributed by atoms with van der Waals surface area (Å²) in [5, 5.41) is 6.55. The predicted molar refractivity (Wildman–Crippen MR) is 73.2 cm³/mol. The first kappa shape index (κ1) is 13.8. The van der Waals surface area contributed by atoms with Crippen molar-refractivity contribution in [2.75, 3.05) is 19.6 Å². The summed E-state index contributed by atoms with van der Waals surface area (Å²) in [4.78, 5) is 12.0. The van der Waals surface area contributed by atoms with Crippen LogP contribution in [0.4, 0.5) is 0 Å². The molecule has 3 atom stereocenters. The molecule has 0 aromatic heterocycles. The van der Waals surface area contributed by atoms with Crippen molar-refractivity contribution in [3.8, 4) is 0 Å². The van der Waals surface area contributed by atoms with Gasteiger partial charge in [-0.1, -0.05) is 12.8 Å². The van der Waals surface area contributed by atoms with Crippen molar-refractivity contribution >= 4 is 5.91 Å². The highest BCUT2D eigenvalue weighted by Crippen LogP contribution is 2.23. The fourth-order valence-electron chi connectivity index (χ4n) is 3.25. The highest BCUT2D eigenvalue weighted by molar-refractivity contribution is 5.76. The zero-order valence-corrected chi connectivity index (χ0v) is 11.3. The zero-order chi connectivity index (χ0) is 12.8. The number of rotatable bonds is 5. The Kier molecular flexibility index (Phi) is 5.45. The second-order valence-electron chi connectivity index (χ2n) is 5.85. The van der Waals surface area contributed by atoms with E-state index in [1.54, 1.807) is 0 Å². The Balaban J connectivity index is 1.68. The van der Waals surface area contributed by atoms with E-state index in [4.69, 9.17) is 5.73 Å². The van der Waals surface area contributed by atoms with Crippen LogP contribution in [-0.4, -0.2) is 31.6 Å². The number of nitrogens with one attached hydrogen (secondary N) is 2. The molecule has 0 bridgehead atoms. The van der Waals surface area contributed by atoms with E-state index >= 15 is 0 Å². The number of carbonyl (C=O) groups excluding carboxylic acids is 1. The van der Waals surface area contributed by atoms with Crippen molar-refractivity contribution in [1.29, 1.82) is 0 Å². The average molecular weight is 253 g/mol. The molecule has 3 unspecified atom stereocenters. The minimum absolute atomic E-state index is 0.229. The molecule has 4 heteroatoms. The van der Waals surface area contributed by atoms with Gasteiger partial charge in [0.1, 0.15) is 0 Å². The lowest BCUT2D eigenvalue weighted by molar-refractivity contribution is -0.122. The third-order valence-electron chi connectivity index (χ3n) is 4.50. The number of hydrogen-bond acceptors (Lipinski definition) is 3. The first-order valence-corrected chi connectivity index (χ1v) is 7.49. The summed E-state index contributed by atoms with van der Waals surface area (Å²) in [5.74, 6) is 1.43. The first-order chi connectivity index (χ1) is 8.79. The van der Waals surface area contributed by atoms with Gasteiger partial charge < -0.3 is 16.4 Å². The van der Waals surface area contributed by atoms with Gasteiger partial charge in [-0.3, -0.25) is 4.79 Å². The average Bonchev–Trinajstić information content (AvgIpc) is 2.90. The topological polar surface area (TPSA) is 67.1 Å². The number of carbonyl (C=O) groups is 1. The molecule has 4 nitrogen and oxygen atoms in total. The lowest BCUT2D eigenvalue weighted by atomic mass is 9.84. The van der Waals surface area contributed by atoms with Gasteiger partial charge in [0.2, 0.25) is 5.91 Å². The molecule has 1 saturated heterocycles. The molecular formula is C14H27N3O. The Morgan fingerprint density at radius 2 is 2.11 bits per heavy atom. The molecule has 0 aromatic rings. The summed E-state index contributed by atoms with van der Waals surface area (Å²) in [6.45, 7) is 2.91. The van der Waals surface area contributed by atoms with Crippen LogP contribution >= 0.6 is 0 Å². The van der Waals surface area contributed by atoms with E-state index in [2.05, 4.69) is 10.6 Å². The molecule has 0 radical (unpaired) electrons. The molecule has 0 aromatic carbocycles. The molecule has 2 fully saturated rings. The maximum Gasteiger partial charge on any atom is 0.220 e. The van der Waals surface area contributed by atoms with Crippen LogP contribution in [0.15, 0.2) is 0 Å². The van der Waals surface area contributed by atoms with Gasteiger partial charge in [0.05, 0.1) is 0 Å². The minimum Gasteiger partial charge on any atom is -0.353 e. The van der Waals surface area contributed by atoms with Crippen molar-refractivity contribution < 1.29 is 4.79 Å². The third kappa shape index (κ3) is 3.95. The second kappa shape index (κ2) is 7.10. The SMILES string of the molecule is NCC1CCCCC1NC(=O)CCC1CCNC1. The van der Waals surface area contributed by atoms with Gasteiger partial charge in [-0.15, -0.1) is 0 Å². The van der Waals surface area contributed by atoms with Gasteiger partial charge in [0, 0.05) is 12.5 Å². The van der Waals surface area contributed by atoms with Crippen molar-refractivity contribution in [3.05, 3.63) is 0 Å². The van der Waals surface area contributed by atoms with Crippen LogP contribution in [0.2, 0.25) is 0 Å². The normalized spacial score (nSPS) is 32.4. The molecule has 1 aliphatic heterocycles. The van der Waals surface area contributed by atoms with Crippen molar-refractivity contribution in [2.45, 2.75) is 51.0 Å². The van der Waals surface area contributed by atoms with Crippen LogP contribution in [0.3, 0.4) is 0 Å². The Morgan fingerprint density at radius 3 is 2.83 bits per heavy atom. The van der Waals surface area contributed by atoms with Crippen LogP contribution in [-0.2, 0) is 4.79 Å². The molecule has 18 heavy (non-hydrogen) atoms. The summed E-state index contributed by atoms with van der Waals surface area (Å²) in [6, 6.07) is 0.331. The Labute approximate surface area is 110 Å². The number of amides is 1. The quantitative estimate of drug-likeness (QED) is 0.685. The minimum atomic E-state index is 0.229. The summed E-state index contributed by atoms with van der Waals surface area (Å²) in [6.07, 6.45) is 7.71. The van der Waals surface area contributed by atoms with Gasteiger partial charge in [0.15, 0.2) is 0 Å². The fourth-order valence-corrected chi connectivity index (χ4v) is 3.25. The smallest absolute Gasteiger partial charge is 0.220 e. The Bertz CT molecular complexity index is 264. The molecule has 104 valence electrons. The van der Waals surface area contributed by atoms with Crippen LogP contribution in [0, 0.1) is 11.8 Å². The number of nitrogens with two attached hydrogens (primary N) is 1. The Morgan fingerprint density at radius 1 is 1.28 bits per heavy atom. The molecule has 4 N–H and O–H groups in total. The number of hydrogen-bond donors (Lipinski definition) is 3. The highest BCUT2D eigenvalue weighted by Gasteiger charge is 2.25. The van der Waals surface area contributed by atoms with Crippen molar-refractivity contribution in [1.82, 2.24) is 10.6 Å². The molecule has 1 saturated carbocycles. The molecule has 1 heterocycles. The van der Waals surface area contributed by atoms with Crippen LogP contribution in [0.25, 0.3) is 0 Å². The summed E-state index contributed by atoms with van der Waals surface area (Å²) in [5.41, 5.74) is 5.78. The Hall–Kier alpha value is -0.610. The van der Waals surface area contributed by atoms with Crippen LogP contribution in [0.5, 0.6) is 0 Å². The van der Waals surface area contributed by atoms with Crippen LogP contribution in [0.1, 0.15) is 44.9 Å². The largest absolute Gasteiger partial charge is 0.353 e. The summed E-state index contributed by atoms with van der Waals surface area (Å²) < 4.78 is 0. The van der Waals surface area contributed by atoms with Crippen molar-refractivity contribution in [2.24, 2.45) is 17.6 Å². The van der Waals surface area contributed by atoms with E-state index in [0.29, 0.717) is 30.8 Å². The van der Waals surface area contributed by atoms with E-state index in [-0.39, 0.29) is 5.91 Å². The van der Waals surface area contributed by atoms with E-state index < -0.39 is 0 Å². The van der Waals surface area contributed by atoms with Crippen molar-refractivity contribution in [3.63, 3.8) is 0 Å². The first-order valence-electron chi connectivity index (χ1n) is 7.49. The standard InChI is InChI=1S/C14H27N3O/c15-9-12-3-1-2-4-13(12)17-14(18)6-5-11-7-8-16-10-11/h11-13,16H,1-10,15H2,(H,17,18). The molecular weight excluding hydrogens is 226 g/mol. The van der Waals surface area contributed by atoms with E-state index in [0.717, 1.165) is 25.9 Å².